The van der Waals surface area contributed by atoms with Gasteiger partial charge in [0.2, 0.25) is 0 Å². The van der Waals surface area contributed by atoms with Crippen LogP contribution in [0.2, 0.25) is 0 Å². The minimum absolute atomic E-state index is 0.226. The van der Waals surface area contributed by atoms with Gasteiger partial charge in [-0.05, 0) is 30.6 Å². The van der Waals surface area contributed by atoms with Crippen LogP contribution >= 0.6 is 0 Å². The van der Waals surface area contributed by atoms with E-state index in [4.69, 9.17) is 9.47 Å². The Hall–Kier alpha value is -0.610. The van der Waals surface area contributed by atoms with Gasteiger partial charge >= 0.3 is 5.97 Å². The van der Waals surface area contributed by atoms with Crippen LogP contribution in [-0.4, -0.2) is 37.9 Å². The van der Waals surface area contributed by atoms with Crippen LogP contribution in [0.5, 0.6) is 0 Å². The minimum Gasteiger partial charge on any atom is -0.468 e. The Labute approximate surface area is 130 Å². The molecule has 0 amide bonds. The summed E-state index contributed by atoms with van der Waals surface area (Å²) in [5.41, 5.74) is 0. The van der Waals surface area contributed by atoms with Crippen molar-refractivity contribution in [3.8, 4) is 0 Å². The fourth-order valence-electron chi connectivity index (χ4n) is 3.25. The number of hydrogen-bond donors (Lipinski definition) is 1. The molecule has 4 heteroatoms. The van der Waals surface area contributed by atoms with Gasteiger partial charge < -0.3 is 14.8 Å². The lowest BCUT2D eigenvalue weighted by Crippen LogP contribution is -2.46. The van der Waals surface area contributed by atoms with Crippen molar-refractivity contribution < 1.29 is 14.3 Å². The number of esters is 1. The maximum absolute atomic E-state index is 11.8. The Bertz CT molecular complexity index is 317. The molecular weight excluding hydrogens is 266 g/mol. The molecule has 0 aromatic rings. The zero-order chi connectivity index (χ0) is 16.0. The van der Waals surface area contributed by atoms with E-state index in [1.54, 1.807) is 0 Å². The lowest BCUT2D eigenvalue weighted by Gasteiger charge is -2.37. The molecule has 1 saturated carbocycles. The molecular formula is C17H33NO3. The van der Waals surface area contributed by atoms with Gasteiger partial charge in [0, 0.05) is 6.04 Å². The van der Waals surface area contributed by atoms with Gasteiger partial charge in [0.25, 0.3) is 0 Å². The third-order valence-electron chi connectivity index (χ3n) is 4.46. The maximum Gasteiger partial charge on any atom is 0.325 e. The van der Waals surface area contributed by atoms with Crippen LogP contribution in [0.3, 0.4) is 0 Å². The quantitative estimate of drug-likeness (QED) is 0.734. The van der Waals surface area contributed by atoms with Crippen molar-refractivity contribution in [2.75, 3.05) is 13.7 Å². The molecule has 21 heavy (non-hydrogen) atoms. The van der Waals surface area contributed by atoms with Gasteiger partial charge in [-0.2, -0.15) is 0 Å². The van der Waals surface area contributed by atoms with E-state index in [0.717, 1.165) is 6.42 Å². The van der Waals surface area contributed by atoms with Gasteiger partial charge in [-0.3, -0.25) is 4.79 Å². The smallest absolute Gasteiger partial charge is 0.325 e. The molecule has 4 atom stereocenters. The predicted molar refractivity (Wildman–Crippen MR) is 85.2 cm³/mol. The third-order valence-corrected chi connectivity index (χ3v) is 4.46. The van der Waals surface area contributed by atoms with E-state index in [9.17, 15) is 4.79 Å². The second kappa shape index (κ2) is 8.74. The van der Waals surface area contributed by atoms with Gasteiger partial charge in [-0.1, -0.05) is 41.0 Å². The van der Waals surface area contributed by atoms with Crippen molar-refractivity contribution >= 4 is 5.97 Å². The third kappa shape index (κ3) is 5.95. The van der Waals surface area contributed by atoms with Gasteiger partial charge in [-0.25, -0.2) is 0 Å². The van der Waals surface area contributed by atoms with Crippen LogP contribution in [0.1, 0.15) is 53.9 Å². The monoisotopic (exact) mass is 299 g/mol. The zero-order valence-corrected chi connectivity index (χ0v) is 14.5. The fourth-order valence-corrected chi connectivity index (χ4v) is 3.25. The number of carbonyl (C=O) groups is 1. The topological polar surface area (TPSA) is 47.6 Å². The normalized spacial score (nSPS) is 27.9. The summed E-state index contributed by atoms with van der Waals surface area (Å²) in [5.74, 6) is 1.68. The molecule has 1 aliphatic carbocycles. The van der Waals surface area contributed by atoms with E-state index < -0.39 is 0 Å². The molecule has 0 heterocycles. The van der Waals surface area contributed by atoms with E-state index in [1.165, 1.54) is 20.0 Å². The Balaban J connectivity index is 2.60. The van der Waals surface area contributed by atoms with E-state index in [-0.39, 0.29) is 24.2 Å². The van der Waals surface area contributed by atoms with Crippen molar-refractivity contribution in [1.29, 1.82) is 0 Å². The summed E-state index contributed by atoms with van der Waals surface area (Å²) in [7, 11) is 1.43. The summed E-state index contributed by atoms with van der Waals surface area (Å²) in [4.78, 5) is 11.8. The molecule has 0 aliphatic heterocycles. The van der Waals surface area contributed by atoms with E-state index >= 15 is 0 Å². The molecule has 1 N–H and O–H groups in total. The lowest BCUT2D eigenvalue weighted by atomic mass is 9.75. The highest BCUT2D eigenvalue weighted by molar-refractivity contribution is 5.75. The first-order valence-electron chi connectivity index (χ1n) is 8.30. The standard InChI is InChI=1S/C17H33NO3/c1-11(2)14-8-7-13(5)9-16(14)21-10-15(17(19)20-6)18-12(3)4/h11-16,18H,7-10H2,1-6H3. The first-order valence-corrected chi connectivity index (χ1v) is 8.30. The fraction of sp³-hybridized carbons (Fsp3) is 0.941. The van der Waals surface area contributed by atoms with Crippen molar-refractivity contribution in [3.05, 3.63) is 0 Å². The number of methoxy groups -OCH3 is 1. The summed E-state index contributed by atoms with van der Waals surface area (Å²) >= 11 is 0. The average Bonchev–Trinajstić information content (AvgIpc) is 2.41. The lowest BCUT2D eigenvalue weighted by molar-refractivity contribution is -0.146. The molecule has 124 valence electrons. The number of ether oxygens (including phenoxy) is 2. The zero-order valence-electron chi connectivity index (χ0n) is 14.5. The molecule has 0 bridgehead atoms. The summed E-state index contributed by atoms with van der Waals surface area (Å²) < 4.78 is 11.0. The van der Waals surface area contributed by atoms with Gasteiger partial charge in [-0.15, -0.1) is 0 Å². The SMILES string of the molecule is COC(=O)C(COC1CC(C)CCC1C(C)C)NC(C)C. The molecule has 0 aromatic carbocycles. The molecule has 1 rings (SSSR count). The van der Waals surface area contributed by atoms with Gasteiger partial charge in [0.05, 0.1) is 19.8 Å². The van der Waals surface area contributed by atoms with Crippen LogP contribution in [0.15, 0.2) is 0 Å². The highest BCUT2D eigenvalue weighted by Crippen LogP contribution is 2.35. The van der Waals surface area contributed by atoms with E-state index in [0.29, 0.717) is 24.4 Å². The van der Waals surface area contributed by atoms with Gasteiger partial charge in [0.15, 0.2) is 0 Å². The molecule has 0 radical (unpaired) electrons. The van der Waals surface area contributed by atoms with Crippen LogP contribution in [0.25, 0.3) is 0 Å². The second-order valence-corrected chi connectivity index (χ2v) is 7.09. The van der Waals surface area contributed by atoms with Crippen LogP contribution in [0, 0.1) is 17.8 Å². The number of rotatable bonds is 7. The summed E-state index contributed by atoms with van der Waals surface area (Å²) in [6, 6.07) is -0.149. The largest absolute Gasteiger partial charge is 0.468 e. The first-order chi connectivity index (χ1) is 9.85. The van der Waals surface area contributed by atoms with E-state index in [1.807, 2.05) is 13.8 Å². The molecule has 1 fully saturated rings. The molecule has 0 spiro atoms. The highest BCUT2D eigenvalue weighted by atomic mass is 16.5. The Morgan fingerprint density at radius 2 is 1.90 bits per heavy atom. The average molecular weight is 299 g/mol. The highest BCUT2D eigenvalue weighted by Gasteiger charge is 2.32. The van der Waals surface area contributed by atoms with Crippen molar-refractivity contribution in [3.63, 3.8) is 0 Å². The second-order valence-electron chi connectivity index (χ2n) is 7.09. The Kier molecular flexibility index (Phi) is 7.67. The number of nitrogens with one attached hydrogen (secondary N) is 1. The van der Waals surface area contributed by atoms with Crippen molar-refractivity contribution in [1.82, 2.24) is 5.32 Å². The molecule has 0 aromatic heterocycles. The van der Waals surface area contributed by atoms with Crippen LogP contribution in [0.4, 0.5) is 0 Å². The van der Waals surface area contributed by atoms with E-state index in [2.05, 4.69) is 26.1 Å². The minimum atomic E-state index is -0.375. The van der Waals surface area contributed by atoms with Gasteiger partial charge in [0.1, 0.15) is 6.04 Å². The Morgan fingerprint density at radius 1 is 1.24 bits per heavy atom. The number of hydrogen-bond acceptors (Lipinski definition) is 4. The number of carbonyl (C=O) groups excluding carboxylic acids is 1. The van der Waals surface area contributed by atoms with Crippen LogP contribution in [-0.2, 0) is 14.3 Å². The Morgan fingerprint density at radius 3 is 2.43 bits per heavy atom. The molecule has 4 nitrogen and oxygen atoms in total. The summed E-state index contributed by atoms with van der Waals surface area (Å²) in [5, 5.41) is 3.23. The van der Waals surface area contributed by atoms with Crippen LogP contribution < -0.4 is 5.32 Å². The van der Waals surface area contributed by atoms with Crippen molar-refractivity contribution in [2.24, 2.45) is 17.8 Å². The first kappa shape index (κ1) is 18.4. The molecule has 1 aliphatic rings. The maximum atomic E-state index is 11.8. The van der Waals surface area contributed by atoms with Crippen molar-refractivity contribution in [2.45, 2.75) is 72.1 Å². The molecule has 0 saturated heterocycles. The predicted octanol–water partition coefficient (Wildman–Crippen LogP) is 3.00. The summed E-state index contributed by atoms with van der Waals surface area (Å²) in [6.45, 7) is 11.3. The summed E-state index contributed by atoms with van der Waals surface area (Å²) in [6.07, 6.45) is 3.87. The molecule has 4 unspecified atom stereocenters.